The first-order valence-corrected chi connectivity index (χ1v) is 9.19. The molecule has 1 aromatic carbocycles. The zero-order chi connectivity index (χ0) is 14.6. The van der Waals surface area contributed by atoms with Crippen molar-refractivity contribution in [2.75, 3.05) is 11.1 Å². The van der Waals surface area contributed by atoms with Crippen molar-refractivity contribution in [1.29, 1.82) is 0 Å². The molecule has 21 heavy (non-hydrogen) atoms. The molecular formula is C11H10N2NaO4S3+. The van der Waals surface area contributed by atoms with Crippen LogP contribution < -0.4 is 34.9 Å². The smallest absolute Gasteiger partial charge is 0.301 e. The van der Waals surface area contributed by atoms with Crippen molar-refractivity contribution in [3.8, 4) is 11.3 Å². The van der Waals surface area contributed by atoms with Gasteiger partial charge in [0.25, 0.3) is 0 Å². The van der Waals surface area contributed by atoms with Crippen LogP contribution >= 0.6 is 22.1 Å². The average Bonchev–Trinajstić information content (AvgIpc) is 2.85. The van der Waals surface area contributed by atoms with Gasteiger partial charge in [-0.15, -0.1) is 11.3 Å². The standard InChI is InChI=1S/C11H10N2O4S3.Na/c14-10(7-19-20(15,16)17)13-11-12-9(6-18-11)8-4-2-1-3-5-8;/h1-6H,7H2,(H,12,13,14)(H,15,16,17);/q;+1. The molecule has 2 rings (SSSR count). The summed E-state index contributed by atoms with van der Waals surface area (Å²) in [5, 5.41) is 4.65. The Morgan fingerprint density at radius 3 is 2.62 bits per heavy atom. The van der Waals surface area contributed by atoms with Crippen molar-refractivity contribution in [2.45, 2.75) is 0 Å². The summed E-state index contributed by atoms with van der Waals surface area (Å²) in [4.78, 5) is 15.7. The first-order valence-electron chi connectivity index (χ1n) is 5.37. The van der Waals surface area contributed by atoms with E-state index in [2.05, 4.69) is 10.3 Å². The molecule has 6 nitrogen and oxygen atoms in total. The second kappa shape index (κ2) is 8.28. The normalized spacial score (nSPS) is 10.7. The van der Waals surface area contributed by atoms with E-state index < -0.39 is 15.1 Å². The summed E-state index contributed by atoms with van der Waals surface area (Å²) >= 11 is 1.24. The monoisotopic (exact) mass is 353 g/mol. The van der Waals surface area contributed by atoms with Crippen LogP contribution in [0.15, 0.2) is 35.7 Å². The van der Waals surface area contributed by atoms with Gasteiger partial charge in [0.05, 0.1) is 11.4 Å². The van der Waals surface area contributed by atoms with E-state index in [9.17, 15) is 13.2 Å². The van der Waals surface area contributed by atoms with Crippen molar-refractivity contribution < 1.29 is 47.3 Å². The van der Waals surface area contributed by atoms with Crippen molar-refractivity contribution in [2.24, 2.45) is 0 Å². The van der Waals surface area contributed by atoms with E-state index >= 15 is 0 Å². The zero-order valence-electron chi connectivity index (χ0n) is 11.0. The van der Waals surface area contributed by atoms with Crippen molar-refractivity contribution in [1.82, 2.24) is 4.98 Å². The number of carbonyl (C=O) groups excluding carboxylic acids is 1. The number of carbonyl (C=O) groups is 1. The van der Waals surface area contributed by atoms with E-state index in [0.29, 0.717) is 5.13 Å². The summed E-state index contributed by atoms with van der Waals surface area (Å²) in [5.74, 6) is -0.930. The van der Waals surface area contributed by atoms with Crippen molar-refractivity contribution in [3.63, 3.8) is 0 Å². The van der Waals surface area contributed by atoms with Crippen LogP contribution in [0.4, 0.5) is 5.13 Å². The van der Waals surface area contributed by atoms with Gasteiger partial charge in [-0.1, -0.05) is 30.3 Å². The molecule has 0 saturated heterocycles. The predicted octanol–water partition coefficient (Wildman–Crippen LogP) is -0.711. The third kappa shape index (κ3) is 6.47. The van der Waals surface area contributed by atoms with Gasteiger partial charge in [-0.2, -0.15) is 8.42 Å². The summed E-state index contributed by atoms with van der Waals surface area (Å²) < 4.78 is 29.5. The maximum atomic E-state index is 11.5. The second-order valence-corrected chi connectivity index (χ2v) is 7.85. The molecule has 0 unspecified atom stereocenters. The number of hydrogen-bond donors (Lipinski definition) is 2. The van der Waals surface area contributed by atoms with Crippen molar-refractivity contribution in [3.05, 3.63) is 35.7 Å². The minimum Gasteiger partial charge on any atom is -0.301 e. The number of thiazole rings is 1. The number of hydrogen-bond acceptors (Lipinski definition) is 6. The minimum absolute atomic E-state index is 0. The number of anilines is 1. The number of nitrogens with zero attached hydrogens (tertiary/aromatic N) is 1. The Morgan fingerprint density at radius 2 is 2.00 bits per heavy atom. The number of rotatable bonds is 5. The fourth-order valence-corrected chi connectivity index (χ4v) is 3.19. The molecule has 0 radical (unpaired) electrons. The van der Waals surface area contributed by atoms with Gasteiger partial charge < -0.3 is 5.32 Å². The van der Waals surface area contributed by atoms with Gasteiger partial charge in [-0.05, 0) is 0 Å². The van der Waals surface area contributed by atoms with Crippen LogP contribution in [0.1, 0.15) is 0 Å². The summed E-state index contributed by atoms with van der Waals surface area (Å²) in [6.45, 7) is 0. The summed E-state index contributed by atoms with van der Waals surface area (Å²) in [6, 6.07) is 9.46. The van der Waals surface area contributed by atoms with E-state index in [4.69, 9.17) is 4.55 Å². The first-order chi connectivity index (χ1) is 9.44. The Kier molecular flexibility index (Phi) is 7.34. The van der Waals surface area contributed by atoms with Gasteiger partial charge in [0.1, 0.15) is 0 Å². The van der Waals surface area contributed by atoms with E-state index in [0.717, 1.165) is 11.3 Å². The Balaban J connectivity index is 0.00000220. The molecule has 10 heteroatoms. The molecule has 1 heterocycles. The molecular weight excluding hydrogens is 343 g/mol. The predicted molar refractivity (Wildman–Crippen MR) is 80.2 cm³/mol. The molecule has 0 bridgehead atoms. The van der Waals surface area contributed by atoms with Crippen LogP contribution in [0.2, 0.25) is 0 Å². The van der Waals surface area contributed by atoms with Gasteiger partial charge in [-0.25, -0.2) is 4.98 Å². The van der Waals surface area contributed by atoms with E-state index in [1.165, 1.54) is 11.3 Å². The number of aromatic nitrogens is 1. The molecule has 2 aromatic rings. The quantitative estimate of drug-likeness (QED) is 0.419. The SMILES string of the molecule is O=C(CSS(=O)(=O)O)Nc1nc(-c2ccccc2)cs1.[Na+]. The Bertz CT molecular complexity index is 703. The molecule has 0 atom stereocenters. The molecule has 1 aromatic heterocycles. The van der Waals surface area contributed by atoms with Gasteiger partial charge in [0.2, 0.25) is 5.91 Å². The molecule has 0 aliphatic rings. The molecule has 0 saturated carbocycles. The summed E-state index contributed by atoms with van der Waals surface area (Å²) in [6.07, 6.45) is 0. The molecule has 0 aliphatic carbocycles. The Morgan fingerprint density at radius 1 is 1.33 bits per heavy atom. The number of nitrogens with one attached hydrogen (secondary N) is 1. The molecule has 0 aliphatic heterocycles. The van der Waals surface area contributed by atoms with E-state index in [1.807, 2.05) is 30.3 Å². The van der Waals surface area contributed by atoms with E-state index in [1.54, 1.807) is 5.38 Å². The fraction of sp³-hybridized carbons (Fsp3) is 0.0909. The molecule has 0 spiro atoms. The van der Waals surface area contributed by atoms with Crippen LogP contribution in [0, 0.1) is 0 Å². The third-order valence-corrected chi connectivity index (χ3v) is 4.84. The zero-order valence-corrected chi connectivity index (χ0v) is 15.5. The molecule has 0 fully saturated rings. The van der Waals surface area contributed by atoms with Crippen LogP contribution in [0.3, 0.4) is 0 Å². The molecule has 2 N–H and O–H groups in total. The average molecular weight is 353 g/mol. The van der Waals surface area contributed by atoms with Crippen LogP contribution in [-0.4, -0.2) is 29.6 Å². The maximum Gasteiger partial charge on any atom is 1.00 e. The second-order valence-electron chi connectivity index (χ2n) is 3.64. The van der Waals surface area contributed by atoms with Gasteiger partial charge in [0.15, 0.2) is 5.13 Å². The molecule has 106 valence electrons. The summed E-state index contributed by atoms with van der Waals surface area (Å²) in [7, 11) is -4.05. The largest absolute Gasteiger partial charge is 1.00 e. The van der Waals surface area contributed by atoms with Crippen LogP contribution in [0.5, 0.6) is 0 Å². The van der Waals surface area contributed by atoms with Crippen molar-refractivity contribution >= 4 is 42.3 Å². The third-order valence-electron chi connectivity index (χ3n) is 2.16. The van der Waals surface area contributed by atoms with Gasteiger partial charge >= 0.3 is 38.7 Å². The Labute approximate surface area is 151 Å². The van der Waals surface area contributed by atoms with Crippen LogP contribution in [0.25, 0.3) is 11.3 Å². The molecule has 1 amide bonds. The van der Waals surface area contributed by atoms with Gasteiger partial charge in [0, 0.05) is 21.7 Å². The Hall–Kier alpha value is -0.420. The van der Waals surface area contributed by atoms with Crippen LogP contribution in [-0.2, 0) is 13.9 Å². The topological polar surface area (TPSA) is 96.4 Å². The number of amides is 1. The maximum absolute atomic E-state index is 11.5. The number of benzene rings is 1. The van der Waals surface area contributed by atoms with Gasteiger partial charge in [-0.3, -0.25) is 9.35 Å². The first kappa shape index (κ1) is 18.6. The summed E-state index contributed by atoms with van der Waals surface area (Å²) in [5.41, 5.74) is 1.66. The van der Waals surface area contributed by atoms with E-state index in [-0.39, 0.29) is 46.1 Å². The fourth-order valence-electron chi connectivity index (χ4n) is 1.36. The minimum atomic E-state index is -4.21.